The first kappa shape index (κ1) is 13.6. The fourth-order valence-electron chi connectivity index (χ4n) is 1.73. The predicted molar refractivity (Wildman–Crippen MR) is 71.7 cm³/mol. The summed E-state index contributed by atoms with van der Waals surface area (Å²) >= 11 is 0. The summed E-state index contributed by atoms with van der Waals surface area (Å²) < 4.78 is 11.0. The summed E-state index contributed by atoms with van der Waals surface area (Å²) in [7, 11) is 3.60. The predicted octanol–water partition coefficient (Wildman–Crippen LogP) is 2.72. The number of benzene rings is 1. The summed E-state index contributed by atoms with van der Waals surface area (Å²) in [6.07, 6.45) is 2.11. The molecule has 0 aliphatic carbocycles. The first-order valence-electron chi connectivity index (χ1n) is 5.84. The second-order valence-electron chi connectivity index (χ2n) is 3.83. The van der Waals surface area contributed by atoms with Crippen LogP contribution in [0.3, 0.4) is 0 Å². The van der Waals surface area contributed by atoms with E-state index in [-0.39, 0.29) is 0 Å². The van der Waals surface area contributed by atoms with Gasteiger partial charge in [0.1, 0.15) is 0 Å². The molecular weight excluding hydrogens is 214 g/mol. The maximum absolute atomic E-state index is 5.54. The Kier molecular flexibility index (Phi) is 5.57. The lowest BCUT2D eigenvalue weighted by Crippen LogP contribution is -2.08. The number of para-hydroxylation sites is 1. The van der Waals surface area contributed by atoms with Crippen molar-refractivity contribution >= 4 is 6.08 Å². The van der Waals surface area contributed by atoms with Crippen LogP contribution in [0.5, 0.6) is 11.5 Å². The third-order valence-electron chi connectivity index (χ3n) is 2.37. The second-order valence-corrected chi connectivity index (χ2v) is 3.83. The van der Waals surface area contributed by atoms with Gasteiger partial charge in [-0.05, 0) is 27.0 Å². The van der Waals surface area contributed by atoms with Gasteiger partial charge >= 0.3 is 0 Å². The number of rotatable bonds is 6. The largest absolute Gasteiger partial charge is 0.492 e. The number of hydrogen-bond acceptors (Lipinski definition) is 3. The highest BCUT2D eigenvalue weighted by molar-refractivity contribution is 5.64. The normalized spacial score (nSPS) is 11.4. The fourth-order valence-corrected chi connectivity index (χ4v) is 1.73. The van der Waals surface area contributed by atoms with Crippen molar-refractivity contribution in [3.05, 3.63) is 29.3 Å². The van der Waals surface area contributed by atoms with Gasteiger partial charge in [0.05, 0.1) is 13.7 Å². The van der Waals surface area contributed by atoms with Crippen LogP contribution in [-0.2, 0) is 0 Å². The molecule has 1 rings (SSSR count). The molecule has 1 aromatic rings. The van der Waals surface area contributed by atoms with E-state index in [1.54, 1.807) is 7.11 Å². The van der Waals surface area contributed by atoms with Crippen molar-refractivity contribution in [1.29, 1.82) is 0 Å². The molecule has 0 fully saturated rings. The molecule has 1 N–H and O–H groups in total. The molecule has 0 aliphatic heterocycles. The van der Waals surface area contributed by atoms with E-state index < -0.39 is 0 Å². The maximum atomic E-state index is 5.54. The van der Waals surface area contributed by atoms with Crippen molar-refractivity contribution < 1.29 is 9.47 Å². The summed E-state index contributed by atoms with van der Waals surface area (Å²) in [5.41, 5.74) is 2.30. The van der Waals surface area contributed by atoms with Crippen LogP contribution in [0.25, 0.3) is 6.08 Å². The molecule has 0 aliphatic rings. The zero-order valence-corrected chi connectivity index (χ0v) is 11.0. The lowest BCUT2D eigenvalue weighted by Gasteiger charge is -2.12. The van der Waals surface area contributed by atoms with E-state index in [1.807, 2.05) is 32.2 Å². The minimum absolute atomic E-state index is 0.638. The quantitative estimate of drug-likeness (QED) is 0.822. The molecule has 17 heavy (non-hydrogen) atoms. The van der Waals surface area contributed by atoms with E-state index in [9.17, 15) is 0 Å². The van der Waals surface area contributed by atoms with Crippen LogP contribution in [0.1, 0.15) is 19.4 Å². The molecule has 94 valence electrons. The molecule has 0 unspecified atom stereocenters. The van der Waals surface area contributed by atoms with Gasteiger partial charge in [-0.1, -0.05) is 23.8 Å². The van der Waals surface area contributed by atoms with Gasteiger partial charge in [-0.15, -0.1) is 0 Å². The summed E-state index contributed by atoms with van der Waals surface area (Å²) in [5, 5.41) is 3.12. The smallest absolute Gasteiger partial charge is 0.167 e. The van der Waals surface area contributed by atoms with Crippen LogP contribution >= 0.6 is 0 Å². The molecule has 0 amide bonds. The van der Waals surface area contributed by atoms with Gasteiger partial charge in [0, 0.05) is 12.1 Å². The van der Waals surface area contributed by atoms with E-state index in [0.717, 1.165) is 23.6 Å². The highest BCUT2D eigenvalue weighted by atomic mass is 16.5. The number of hydrogen-bond donors (Lipinski definition) is 1. The van der Waals surface area contributed by atoms with Gasteiger partial charge < -0.3 is 14.8 Å². The first-order chi connectivity index (χ1) is 8.22. The zero-order chi connectivity index (χ0) is 12.7. The maximum Gasteiger partial charge on any atom is 0.167 e. The van der Waals surface area contributed by atoms with Crippen molar-refractivity contribution in [2.45, 2.75) is 13.8 Å². The Labute approximate surface area is 103 Å². The molecule has 3 nitrogen and oxygen atoms in total. The van der Waals surface area contributed by atoms with Crippen molar-refractivity contribution in [1.82, 2.24) is 5.32 Å². The standard InChI is InChI=1S/C14H21NO2/c1-5-17-13-8-6-7-12(14(13)16-4)9-11(2)10-15-3/h6-9,15H,5,10H2,1-4H3. The summed E-state index contributed by atoms with van der Waals surface area (Å²) in [6, 6.07) is 5.93. The van der Waals surface area contributed by atoms with Gasteiger partial charge in [-0.3, -0.25) is 0 Å². The molecule has 0 radical (unpaired) electrons. The van der Waals surface area contributed by atoms with Crippen molar-refractivity contribution in [2.75, 3.05) is 27.3 Å². The van der Waals surface area contributed by atoms with E-state index in [0.29, 0.717) is 6.61 Å². The van der Waals surface area contributed by atoms with E-state index in [4.69, 9.17) is 9.47 Å². The van der Waals surface area contributed by atoms with Gasteiger partial charge in [-0.25, -0.2) is 0 Å². The van der Waals surface area contributed by atoms with Crippen molar-refractivity contribution in [3.63, 3.8) is 0 Å². The lowest BCUT2D eigenvalue weighted by molar-refractivity contribution is 0.310. The molecule has 0 spiro atoms. The summed E-state index contributed by atoms with van der Waals surface area (Å²) in [5.74, 6) is 1.59. The van der Waals surface area contributed by atoms with Crippen LogP contribution in [0, 0.1) is 0 Å². The van der Waals surface area contributed by atoms with E-state index >= 15 is 0 Å². The SMILES string of the molecule is CCOc1cccc(C=C(C)CNC)c1OC. The van der Waals surface area contributed by atoms with E-state index in [1.165, 1.54) is 5.57 Å². The molecule has 0 bridgehead atoms. The summed E-state index contributed by atoms with van der Waals surface area (Å²) in [6.45, 7) is 5.55. The minimum atomic E-state index is 0.638. The van der Waals surface area contributed by atoms with Crippen molar-refractivity contribution in [3.8, 4) is 11.5 Å². The molecule has 1 aromatic carbocycles. The molecular formula is C14H21NO2. The monoisotopic (exact) mass is 235 g/mol. The lowest BCUT2D eigenvalue weighted by atomic mass is 10.1. The van der Waals surface area contributed by atoms with Gasteiger partial charge in [0.25, 0.3) is 0 Å². The Morgan fingerprint density at radius 2 is 2.18 bits per heavy atom. The van der Waals surface area contributed by atoms with Crippen LogP contribution in [-0.4, -0.2) is 27.3 Å². The molecule has 0 aromatic heterocycles. The Morgan fingerprint density at radius 3 is 2.76 bits per heavy atom. The first-order valence-corrected chi connectivity index (χ1v) is 5.84. The van der Waals surface area contributed by atoms with Gasteiger partial charge in [0.2, 0.25) is 0 Å². The minimum Gasteiger partial charge on any atom is -0.492 e. The number of nitrogens with one attached hydrogen (secondary N) is 1. The fraction of sp³-hybridized carbons (Fsp3) is 0.429. The number of likely N-dealkylation sites (N-methyl/N-ethyl adjacent to an activating group) is 1. The molecule has 0 atom stereocenters. The van der Waals surface area contributed by atoms with Crippen LogP contribution in [0.15, 0.2) is 23.8 Å². The average Bonchev–Trinajstić information content (AvgIpc) is 2.30. The highest BCUT2D eigenvalue weighted by Gasteiger charge is 2.07. The van der Waals surface area contributed by atoms with Crippen LogP contribution < -0.4 is 14.8 Å². The topological polar surface area (TPSA) is 30.5 Å². The van der Waals surface area contributed by atoms with Gasteiger partial charge in [-0.2, -0.15) is 0 Å². The molecule has 0 saturated heterocycles. The van der Waals surface area contributed by atoms with E-state index in [2.05, 4.69) is 18.3 Å². The van der Waals surface area contributed by atoms with Crippen molar-refractivity contribution in [2.24, 2.45) is 0 Å². The average molecular weight is 235 g/mol. The Morgan fingerprint density at radius 1 is 1.41 bits per heavy atom. The van der Waals surface area contributed by atoms with Gasteiger partial charge in [0.15, 0.2) is 11.5 Å². The van der Waals surface area contributed by atoms with Crippen LogP contribution in [0.2, 0.25) is 0 Å². The second kappa shape index (κ2) is 6.97. The molecule has 0 saturated carbocycles. The number of methoxy groups -OCH3 is 1. The Hall–Kier alpha value is -1.48. The molecule has 3 heteroatoms. The Balaban J connectivity index is 3.06. The molecule has 0 heterocycles. The van der Waals surface area contributed by atoms with Crippen LogP contribution in [0.4, 0.5) is 0 Å². The summed E-state index contributed by atoms with van der Waals surface area (Å²) in [4.78, 5) is 0. The highest BCUT2D eigenvalue weighted by Crippen LogP contribution is 2.32. The Bertz CT molecular complexity index is 386. The number of ether oxygens (including phenoxy) is 2. The third-order valence-corrected chi connectivity index (χ3v) is 2.37. The third kappa shape index (κ3) is 3.79. The zero-order valence-electron chi connectivity index (χ0n) is 11.0.